The Labute approximate surface area is 160 Å². The summed E-state index contributed by atoms with van der Waals surface area (Å²) in [5.74, 6) is -0.187. The lowest BCUT2D eigenvalue weighted by atomic mass is 10.1. The molecule has 0 bridgehead atoms. The van der Waals surface area contributed by atoms with E-state index in [0.29, 0.717) is 6.61 Å². The van der Waals surface area contributed by atoms with Crippen LogP contribution in [0.4, 0.5) is 0 Å². The molecule has 2 N–H and O–H groups in total. The molecule has 0 unspecified atom stereocenters. The molecular formula is C20H26N2O3S. The molecule has 0 spiro atoms. The maximum absolute atomic E-state index is 11.8. The smallest absolute Gasteiger partial charge is 0.263 e. The van der Waals surface area contributed by atoms with Gasteiger partial charge in [-0.05, 0) is 42.4 Å². The molecule has 0 aromatic heterocycles. The molecule has 2 rings (SSSR count). The van der Waals surface area contributed by atoms with Gasteiger partial charge in [0.15, 0.2) is 5.11 Å². The van der Waals surface area contributed by atoms with Crippen molar-refractivity contribution >= 4 is 35.2 Å². The zero-order chi connectivity index (χ0) is 18.8. The van der Waals surface area contributed by atoms with E-state index in [-0.39, 0.29) is 10.7 Å². The fraction of sp³-hybridized carbons (Fsp3) is 0.450. The van der Waals surface area contributed by atoms with Gasteiger partial charge in [-0.3, -0.25) is 20.2 Å². The highest BCUT2D eigenvalue weighted by molar-refractivity contribution is 7.80. The summed E-state index contributed by atoms with van der Waals surface area (Å²) in [6.45, 7) is 2.93. The molecule has 1 aromatic carbocycles. The van der Waals surface area contributed by atoms with Crippen LogP contribution in [0.25, 0.3) is 6.08 Å². The molecule has 1 saturated heterocycles. The van der Waals surface area contributed by atoms with Gasteiger partial charge in [0.2, 0.25) is 0 Å². The molecule has 1 heterocycles. The van der Waals surface area contributed by atoms with Crippen molar-refractivity contribution < 1.29 is 14.3 Å². The van der Waals surface area contributed by atoms with E-state index in [1.165, 1.54) is 44.6 Å². The number of carbonyl (C=O) groups excluding carboxylic acids is 2. The minimum absolute atomic E-state index is 0.0336. The third kappa shape index (κ3) is 6.59. The summed E-state index contributed by atoms with van der Waals surface area (Å²) in [5, 5.41) is 4.86. The van der Waals surface area contributed by atoms with E-state index in [9.17, 15) is 9.59 Å². The van der Waals surface area contributed by atoms with Crippen LogP contribution in [-0.4, -0.2) is 23.5 Å². The lowest BCUT2D eigenvalue weighted by molar-refractivity contribution is -0.123. The summed E-state index contributed by atoms with van der Waals surface area (Å²) < 4.78 is 5.74. The number of ether oxygens (including phenoxy) is 1. The topological polar surface area (TPSA) is 67.4 Å². The minimum atomic E-state index is -0.488. The molecule has 0 saturated carbocycles. The van der Waals surface area contributed by atoms with Crippen LogP contribution in [0.5, 0.6) is 5.75 Å². The van der Waals surface area contributed by atoms with Crippen LogP contribution in [0.1, 0.15) is 57.4 Å². The Hall–Kier alpha value is -2.21. The standard InChI is InChI=1S/C20H26N2O3S/c1-2-3-4-5-6-7-8-13-25-16-11-9-15(10-12-16)14-17-18(23)21-20(26)22-19(17)24/h9-12,14H,2-8,13H2,1H3,(H2,21,22,23,24,26). The monoisotopic (exact) mass is 374 g/mol. The average molecular weight is 375 g/mol. The van der Waals surface area contributed by atoms with Gasteiger partial charge < -0.3 is 4.74 Å². The Morgan fingerprint density at radius 2 is 1.50 bits per heavy atom. The lowest BCUT2D eigenvalue weighted by Gasteiger charge is -2.16. The predicted molar refractivity (Wildman–Crippen MR) is 107 cm³/mol. The lowest BCUT2D eigenvalue weighted by Crippen LogP contribution is -2.51. The van der Waals surface area contributed by atoms with Crippen molar-refractivity contribution in [3.63, 3.8) is 0 Å². The average Bonchev–Trinajstić information content (AvgIpc) is 2.61. The highest BCUT2D eigenvalue weighted by atomic mass is 32.1. The highest BCUT2D eigenvalue weighted by Gasteiger charge is 2.25. The second-order valence-corrected chi connectivity index (χ2v) is 6.74. The van der Waals surface area contributed by atoms with Crippen molar-refractivity contribution in [1.29, 1.82) is 0 Å². The number of thiocarbonyl (C=S) groups is 1. The van der Waals surface area contributed by atoms with Gasteiger partial charge in [-0.15, -0.1) is 0 Å². The molecule has 1 aromatic rings. The zero-order valence-corrected chi connectivity index (χ0v) is 16.0. The third-order valence-corrected chi connectivity index (χ3v) is 4.36. The summed E-state index contributed by atoms with van der Waals surface area (Å²) in [6.07, 6.45) is 10.3. The summed E-state index contributed by atoms with van der Waals surface area (Å²) in [4.78, 5) is 23.6. The summed E-state index contributed by atoms with van der Waals surface area (Å²) in [7, 11) is 0. The van der Waals surface area contributed by atoms with Crippen LogP contribution in [0.15, 0.2) is 29.8 Å². The normalized spacial score (nSPS) is 14.0. The number of carbonyl (C=O) groups is 2. The number of amides is 2. The van der Waals surface area contributed by atoms with Crippen molar-refractivity contribution in [3.8, 4) is 5.75 Å². The fourth-order valence-corrected chi connectivity index (χ4v) is 2.87. The van der Waals surface area contributed by atoms with Gasteiger partial charge in [-0.25, -0.2) is 0 Å². The van der Waals surface area contributed by atoms with Crippen LogP contribution in [0, 0.1) is 0 Å². The first-order chi connectivity index (χ1) is 12.6. The van der Waals surface area contributed by atoms with Gasteiger partial charge in [0, 0.05) is 0 Å². The fourth-order valence-electron chi connectivity index (χ4n) is 2.68. The molecule has 5 nitrogen and oxygen atoms in total. The molecule has 26 heavy (non-hydrogen) atoms. The Morgan fingerprint density at radius 1 is 0.923 bits per heavy atom. The summed E-state index contributed by atoms with van der Waals surface area (Å²) in [6, 6.07) is 7.33. The first-order valence-corrected chi connectivity index (χ1v) is 9.62. The Morgan fingerprint density at radius 3 is 2.12 bits per heavy atom. The van der Waals surface area contributed by atoms with Crippen molar-refractivity contribution in [2.75, 3.05) is 6.61 Å². The molecular weight excluding hydrogens is 348 g/mol. The first-order valence-electron chi connectivity index (χ1n) is 9.21. The summed E-state index contributed by atoms with van der Waals surface area (Å²) in [5.41, 5.74) is 0.789. The van der Waals surface area contributed by atoms with Gasteiger partial charge in [0.1, 0.15) is 11.3 Å². The molecule has 0 atom stereocenters. The zero-order valence-electron chi connectivity index (χ0n) is 15.2. The van der Waals surface area contributed by atoms with Crippen LogP contribution < -0.4 is 15.4 Å². The Bertz CT molecular complexity index is 646. The number of nitrogens with one attached hydrogen (secondary N) is 2. The molecule has 1 fully saturated rings. The van der Waals surface area contributed by atoms with E-state index in [1.54, 1.807) is 0 Å². The van der Waals surface area contributed by atoms with E-state index in [2.05, 4.69) is 17.6 Å². The van der Waals surface area contributed by atoms with E-state index >= 15 is 0 Å². The number of rotatable bonds is 10. The molecule has 0 radical (unpaired) electrons. The van der Waals surface area contributed by atoms with Crippen molar-refractivity contribution in [2.45, 2.75) is 51.9 Å². The van der Waals surface area contributed by atoms with Gasteiger partial charge >= 0.3 is 0 Å². The number of hydrogen-bond acceptors (Lipinski definition) is 4. The third-order valence-electron chi connectivity index (χ3n) is 4.15. The van der Waals surface area contributed by atoms with E-state index in [4.69, 9.17) is 17.0 Å². The number of unbranched alkanes of at least 4 members (excludes halogenated alkanes) is 6. The Balaban J connectivity index is 1.76. The molecule has 2 amide bonds. The molecule has 6 heteroatoms. The van der Waals surface area contributed by atoms with Crippen LogP contribution in [0.3, 0.4) is 0 Å². The highest BCUT2D eigenvalue weighted by Crippen LogP contribution is 2.16. The van der Waals surface area contributed by atoms with Gasteiger partial charge in [-0.1, -0.05) is 57.6 Å². The van der Waals surface area contributed by atoms with Crippen LogP contribution >= 0.6 is 12.2 Å². The number of hydrogen-bond donors (Lipinski definition) is 2. The van der Waals surface area contributed by atoms with Crippen LogP contribution in [-0.2, 0) is 9.59 Å². The second-order valence-electron chi connectivity index (χ2n) is 6.33. The van der Waals surface area contributed by atoms with E-state index < -0.39 is 11.8 Å². The molecule has 0 aliphatic carbocycles. The maximum Gasteiger partial charge on any atom is 0.263 e. The van der Waals surface area contributed by atoms with E-state index in [1.807, 2.05) is 24.3 Å². The van der Waals surface area contributed by atoms with Crippen molar-refractivity contribution in [1.82, 2.24) is 10.6 Å². The SMILES string of the molecule is CCCCCCCCCOc1ccc(C=C2C(=O)NC(=S)NC2=O)cc1. The molecule has 140 valence electrons. The second kappa shape index (κ2) is 10.7. The van der Waals surface area contributed by atoms with E-state index in [0.717, 1.165) is 17.7 Å². The van der Waals surface area contributed by atoms with Crippen LogP contribution in [0.2, 0.25) is 0 Å². The molecule has 1 aliphatic rings. The van der Waals surface area contributed by atoms with Gasteiger partial charge in [-0.2, -0.15) is 0 Å². The predicted octanol–water partition coefficient (Wildman–Crippen LogP) is 3.73. The first kappa shape index (κ1) is 20.1. The van der Waals surface area contributed by atoms with Crippen molar-refractivity contribution in [2.24, 2.45) is 0 Å². The van der Waals surface area contributed by atoms with Gasteiger partial charge in [0.05, 0.1) is 6.61 Å². The largest absolute Gasteiger partial charge is 0.494 e. The number of benzene rings is 1. The molecule has 1 aliphatic heterocycles. The maximum atomic E-state index is 11.8. The van der Waals surface area contributed by atoms with Gasteiger partial charge in [0.25, 0.3) is 11.8 Å². The summed E-state index contributed by atoms with van der Waals surface area (Å²) >= 11 is 4.77. The quantitative estimate of drug-likeness (QED) is 0.283. The minimum Gasteiger partial charge on any atom is -0.494 e. The Kier molecular flexibility index (Phi) is 8.28. The van der Waals surface area contributed by atoms with Crippen molar-refractivity contribution in [3.05, 3.63) is 35.4 Å².